The third kappa shape index (κ3) is 4.07. The van der Waals surface area contributed by atoms with Crippen molar-refractivity contribution in [2.24, 2.45) is 5.92 Å². The molecule has 4 heteroatoms. The standard InChI is InChI=1S/C15H26ClN3/c1-6-12(7-2)19(9-11(4)5)15-13(8-3)14(16)17-10-18-15/h10-12H,6-9H2,1-5H3. The molecule has 0 radical (unpaired) electrons. The lowest BCUT2D eigenvalue weighted by molar-refractivity contribution is 0.501. The molecule has 0 N–H and O–H groups in total. The van der Waals surface area contributed by atoms with Gasteiger partial charge in [0, 0.05) is 18.2 Å². The molecule has 0 unspecified atom stereocenters. The number of anilines is 1. The molecular weight excluding hydrogens is 258 g/mol. The Hall–Kier alpha value is -0.830. The monoisotopic (exact) mass is 283 g/mol. The predicted octanol–water partition coefficient (Wildman–Crippen LogP) is 4.34. The molecule has 108 valence electrons. The van der Waals surface area contributed by atoms with Crippen molar-refractivity contribution in [3.8, 4) is 0 Å². The molecule has 0 aromatic carbocycles. The van der Waals surface area contributed by atoms with Gasteiger partial charge in [0.2, 0.25) is 0 Å². The molecule has 19 heavy (non-hydrogen) atoms. The molecular formula is C15H26ClN3. The van der Waals surface area contributed by atoms with Crippen LogP contribution in [0, 0.1) is 5.92 Å². The minimum atomic E-state index is 0.513. The molecule has 0 atom stereocenters. The summed E-state index contributed by atoms with van der Waals surface area (Å²) in [4.78, 5) is 11.0. The van der Waals surface area contributed by atoms with E-state index in [1.165, 1.54) is 0 Å². The van der Waals surface area contributed by atoms with Crippen molar-refractivity contribution in [1.82, 2.24) is 9.97 Å². The summed E-state index contributed by atoms with van der Waals surface area (Å²) in [6.07, 6.45) is 4.68. The van der Waals surface area contributed by atoms with Crippen LogP contribution in [0.15, 0.2) is 6.33 Å². The molecule has 1 aromatic rings. The molecule has 1 aromatic heterocycles. The van der Waals surface area contributed by atoms with Gasteiger partial charge in [0.25, 0.3) is 0 Å². The fraction of sp³-hybridized carbons (Fsp3) is 0.733. The highest BCUT2D eigenvalue weighted by atomic mass is 35.5. The maximum absolute atomic E-state index is 6.22. The van der Waals surface area contributed by atoms with Gasteiger partial charge in [0.15, 0.2) is 0 Å². The maximum atomic E-state index is 6.22. The van der Waals surface area contributed by atoms with Gasteiger partial charge in [0.05, 0.1) is 0 Å². The van der Waals surface area contributed by atoms with Gasteiger partial charge in [-0.3, -0.25) is 0 Å². The van der Waals surface area contributed by atoms with Crippen molar-refractivity contribution >= 4 is 17.4 Å². The summed E-state index contributed by atoms with van der Waals surface area (Å²) in [6, 6.07) is 0.513. The summed E-state index contributed by atoms with van der Waals surface area (Å²) < 4.78 is 0. The Morgan fingerprint density at radius 2 is 1.79 bits per heavy atom. The topological polar surface area (TPSA) is 29.0 Å². The van der Waals surface area contributed by atoms with Crippen LogP contribution in [0.25, 0.3) is 0 Å². The van der Waals surface area contributed by atoms with E-state index in [4.69, 9.17) is 11.6 Å². The van der Waals surface area contributed by atoms with Crippen molar-refractivity contribution < 1.29 is 0 Å². The highest BCUT2D eigenvalue weighted by Gasteiger charge is 2.21. The lowest BCUT2D eigenvalue weighted by atomic mass is 10.1. The summed E-state index contributed by atoms with van der Waals surface area (Å²) in [5, 5.41) is 0.590. The van der Waals surface area contributed by atoms with Crippen LogP contribution in [-0.2, 0) is 6.42 Å². The molecule has 0 aliphatic rings. The quantitative estimate of drug-likeness (QED) is 0.697. The summed E-state index contributed by atoms with van der Waals surface area (Å²) in [5.74, 6) is 1.61. The summed E-state index contributed by atoms with van der Waals surface area (Å²) in [5.41, 5.74) is 1.07. The molecule has 0 saturated carbocycles. The van der Waals surface area contributed by atoms with Crippen molar-refractivity contribution in [3.05, 3.63) is 17.0 Å². The Balaban J connectivity index is 3.19. The van der Waals surface area contributed by atoms with Crippen LogP contribution >= 0.6 is 11.6 Å². The lowest BCUT2D eigenvalue weighted by Gasteiger charge is -2.34. The first kappa shape index (κ1) is 16.2. The van der Waals surface area contributed by atoms with E-state index in [2.05, 4.69) is 49.5 Å². The van der Waals surface area contributed by atoms with Crippen LogP contribution in [0.4, 0.5) is 5.82 Å². The fourth-order valence-electron chi connectivity index (χ4n) is 2.47. The number of aromatic nitrogens is 2. The van der Waals surface area contributed by atoms with Crippen LogP contribution in [0.1, 0.15) is 53.0 Å². The number of hydrogen-bond donors (Lipinski definition) is 0. The average molecular weight is 284 g/mol. The Kier molecular flexibility index (Phi) is 6.56. The zero-order chi connectivity index (χ0) is 14.4. The van der Waals surface area contributed by atoms with E-state index in [0.29, 0.717) is 17.1 Å². The second-order valence-corrected chi connectivity index (χ2v) is 5.69. The van der Waals surface area contributed by atoms with Crippen molar-refractivity contribution in [2.75, 3.05) is 11.4 Å². The van der Waals surface area contributed by atoms with Gasteiger partial charge < -0.3 is 4.90 Å². The van der Waals surface area contributed by atoms with E-state index >= 15 is 0 Å². The van der Waals surface area contributed by atoms with Crippen LogP contribution < -0.4 is 4.90 Å². The number of halogens is 1. The molecule has 1 rings (SSSR count). The summed E-state index contributed by atoms with van der Waals surface area (Å²) in [6.45, 7) is 12.1. The van der Waals surface area contributed by atoms with E-state index in [0.717, 1.165) is 37.2 Å². The Labute approximate surface area is 122 Å². The van der Waals surface area contributed by atoms with E-state index in [1.54, 1.807) is 6.33 Å². The SMILES string of the molecule is CCc1c(Cl)ncnc1N(CC(C)C)C(CC)CC. The first-order chi connectivity index (χ1) is 9.04. The van der Waals surface area contributed by atoms with Gasteiger partial charge in [-0.25, -0.2) is 9.97 Å². The van der Waals surface area contributed by atoms with Gasteiger partial charge in [0.1, 0.15) is 17.3 Å². The fourth-order valence-corrected chi connectivity index (χ4v) is 2.73. The van der Waals surface area contributed by atoms with E-state index < -0.39 is 0 Å². The van der Waals surface area contributed by atoms with Gasteiger partial charge in [-0.1, -0.05) is 46.2 Å². The van der Waals surface area contributed by atoms with Gasteiger partial charge >= 0.3 is 0 Å². The Morgan fingerprint density at radius 3 is 2.26 bits per heavy atom. The zero-order valence-corrected chi connectivity index (χ0v) is 13.5. The van der Waals surface area contributed by atoms with Crippen molar-refractivity contribution in [1.29, 1.82) is 0 Å². The molecule has 0 fully saturated rings. The first-order valence-electron chi connectivity index (χ1n) is 7.30. The minimum absolute atomic E-state index is 0.513. The molecule has 0 aliphatic heterocycles. The molecule has 0 spiro atoms. The number of rotatable bonds is 7. The summed E-state index contributed by atoms with van der Waals surface area (Å²) in [7, 11) is 0. The second-order valence-electron chi connectivity index (χ2n) is 5.34. The molecule has 0 amide bonds. The molecule has 0 saturated heterocycles. The lowest BCUT2D eigenvalue weighted by Crippen LogP contribution is -2.38. The van der Waals surface area contributed by atoms with E-state index in [9.17, 15) is 0 Å². The highest BCUT2D eigenvalue weighted by molar-refractivity contribution is 6.30. The smallest absolute Gasteiger partial charge is 0.137 e. The minimum Gasteiger partial charge on any atom is -0.353 e. The maximum Gasteiger partial charge on any atom is 0.137 e. The largest absolute Gasteiger partial charge is 0.353 e. The zero-order valence-electron chi connectivity index (χ0n) is 12.8. The molecule has 0 bridgehead atoms. The Bertz CT molecular complexity index is 389. The normalized spacial score (nSPS) is 11.4. The first-order valence-corrected chi connectivity index (χ1v) is 7.68. The van der Waals surface area contributed by atoms with Crippen LogP contribution in [-0.4, -0.2) is 22.6 Å². The van der Waals surface area contributed by atoms with Crippen LogP contribution in [0.2, 0.25) is 5.15 Å². The van der Waals surface area contributed by atoms with Gasteiger partial charge in [-0.05, 0) is 25.2 Å². The van der Waals surface area contributed by atoms with Crippen LogP contribution in [0.3, 0.4) is 0 Å². The molecule has 1 heterocycles. The van der Waals surface area contributed by atoms with E-state index in [1.807, 2.05) is 0 Å². The molecule has 0 aliphatic carbocycles. The third-order valence-corrected chi connectivity index (χ3v) is 3.77. The third-order valence-electron chi connectivity index (χ3n) is 3.44. The average Bonchev–Trinajstić information content (AvgIpc) is 2.38. The Morgan fingerprint density at radius 1 is 1.16 bits per heavy atom. The van der Waals surface area contributed by atoms with Gasteiger partial charge in [-0.15, -0.1) is 0 Å². The second kappa shape index (κ2) is 7.68. The number of hydrogen-bond acceptors (Lipinski definition) is 3. The molecule has 3 nitrogen and oxygen atoms in total. The summed E-state index contributed by atoms with van der Waals surface area (Å²) >= 11 is 6.22. The van der Waals surface area contributed by atoms with E-state index in [-0.39, 0.29) is 0 Å². The van der Waals surface area contributed by atoms with Crippen LogP contribution in [0.5, 0.6) is 0 Å². The highest BCUT2D eigenvalue weighted by Crippen LogP contribution is 2.27. The van der Waals surface area contributed by atoms with Crippen molar-refractivity contribution in [3.63, 3.8) is 0 Å². The predicted molar refractivity (Wildman–Crippen MR) is 83.0 cm³/mol. The number of nitrogens with zero attached hydrogens (tertiary/aromatic N) is 3. The van der Waals surface area contributed by atoms with Crippen molar-refractivity contribution in [2.45, 2.75) is 59.9 Å². The van der Waals surface area contributed by atoms with Gasteiger partial charge in [-0.2, -0.15) is 0 Å².